The number of carbonyl (C=O) groups excluding carboxylic acids is 2. The van der Waals surface area contributed by atoms with Gasteiger partial charge in [0.25, 0.3) is 11.5 Å². The summed E-state index contributed by atoms with van der Waals surface area (Å²) in [6.45, 7) is 1.75. The van der Waals surface area contributed by atoms with Gasteiger partial charge in [-0.1, -0.05) is 0 Å². The van der Waals surface area contributed by atoms with Crippen molar-refractivity contribution in [3.63, 3.8) is 0 Å². The number of ketones is 1. The lowest BCUT2D eigenvalue weighted by molar-refractivity contribution is -0.123. The Morgan fingerprint density at radius 3 is 2.72 bits per heavy atom. The van der Waals surface area contributed by atoms with E-state index in [0.29, 0.717) is 17.1 Å². The van der Waals surface area contributed by atoms with Crippen LogP contribution >= 0.6 is 0 Å². The molecule has 0 saturated heterocycles. The van der Waals surface area contributed by atoms with Crippen LogP contribution in [-0.4, -0.2) is 41.7 Å². The Hall–Kier alpha value is -3.16. The molecular weight excluding hydrogens is 326 g/mol. The topological polar surface area (TPSA) is 99.5 Å². The van der Waals surface area contributed by atoms with Crippen LogP contribution in [0, 0.1) is 0 Å². The molecule has 0 unspecified atom stereocenters. The van der Waals surface area contributed by atoms with E-state index in [1.165, 1.54) is 31.0 Å². The molecular formula is C17H19N3O5. The molecule has 1 heterocycles. The fourth-order valence-electron chi connectivity index (χ4n) is 2.06. The number of ether oxygens (including phenoxy) is 2. The summed E-state index contributed by atoms with van der Waals surface area (Å²) in [6, 6.07) is 7.69. The molecule has 0 bridgehead atoms. The zero-order valence-corrected chi connectivity index (χ0v) is 14.0. The first kappa shape index (κ1) is 18.2. The summed E-state index contributed by atoms with van der Waals surface area (Å²) < 4.78 is 11.8. The summed E-state index contributed by atoms with van der Waals surface area (Å²) in [6.07, 6.45) is 1.50. The molecule has 0 aliphatic carbocycles. The van der Waals surface area contributed by atoms with Crippen molar-refractivity contribution in [3.8, 4) is 11.5 Å². The average Bonchev–Trinajstić information content (AvgIpc) is 2.61. The molecule has 132 valence electrons. The second-order valence-corrected chi connectivity index (χ2v) is 5.15. The van der Waals surface area contributed by atoms with E-state index in [0.717, 1.165) is 0 Å². The van der Waals surface area contributed by atoms with Crippen LogP contribution in [0.15, 0.2) is 41.3 Å². The smallest absolute Gasteiger partial charge is 0.266 e. The van der Waals surface area contributed by atoms with Crippen molar-refractivity contribution < 1.29 is 19.1 Å². The van der Waals surface area contributed by atoms with Gasteiger partial charge in [-0.25, -0.2) is 4.68 Å². The number of hydrogen-bond acceptors (Lipinski definition) is 6. The summed E-state index contributed by atoms with van der Waals surface area (Å²) in [4.78, 5) is 34.7. The minimum atomic E-state index is -0.346. The first-order chi connectivity index (χ1) is 12.0. The van der Waals surface area contributed by atoms with Gasteiger partial charge in [-0.05, 0) is 31.2 Å². The van der Waals surface area contributed by atoms with Crippen LogP contribution in [0.2, 0.25) is 0 Å². The second-order valence-electron chi connectivity index (χ2n) is 5.15. The van der Waals surface area contributed by atoms with Gasteiger partial charge in [-0.2, -0.15) is 5.10 Å². The third kappa shape index (κ3) is 5.17. The highest BCUT2D eigenvalue weighted by molar-refractivity contribution is 5.94. The molecule has 0 spiro atoms. The minimum Gasteiger partial charge on any atom is -0.493 e. The van der Waals surface area contributed by atoms with Gasteiger partial charge >= 0.3 is 0 Å². The van der Waals surface area contributed by atoms with E-state index in [2.05, 4.69) is 10.4 Å². The molecule has 1 amide bonds. The molecule has 2 rings (SSSR count). The molecule has 8 heteroatoms. The van der Waals surface area contributed by atoms with Gasteiger partial charge in [-0.15, -0.1) is 0 Å². The number of Topliss-reactive ketones (excluding diaryl/α,β-unsaturated/α-hetero) is 1. The van der Waals surface area contributed by atoms with E-state index in [4.69, 9.17) is 9.47 Å². The summed E-state index contributed by atoms with van der Waals surface area (Å²) in [5, 5.41) is 6.53. The first-order valence-electron chi connectivity index (χ1n) is 7.62. The Bertz CT molecular complexity index is 816. The zero-order valence-electron chi connectivity index (χ0n) is 14.0. The molecule has 0 radical (unpaired) electrons. The number of nitrogens with zero attached hydrogens (tertiary/aromatic N) is 2. The average molecular weight is 345 g/mol. The highest BCUT2D eigenvalue weighted by Crippen LogP contribution is 2.28. The Morgan fingerprint density at radius 2 is 2.04 bits per heavy atom. The maximum atomic E-state index is 11.8. The maximum absolute atomic E-state index is 11.8. The predicted octanol–water partition coefficient (Wildman–Crippen LogP) is 0.650. The maximum Gasteiger partial charge on any atom is 0.266 e. The summed E-state index contributed by atoms with van der Waals surface area (Å²) in [5.74, 6) is 0.304. The predicted molar refractivity (Wildman–Crippen MR) is 90.0 cm³/mol. The van der Waals surface area contributed by atoms with Crippen molar-refractivity contribution in [1.29, 1.82) is 0 Å². The minimum absolute atomic E-state index is 0.0904. The summed E-state index contributed by atoms with van der Waals surface area (Å²) in [5.41, 5.74) is 0.262. The fourth-order valence-corrected chi connectivity index (χ4v) is 2.06. The molecule has 0 atom stereocenters. The first-order valence-corrected chi connectivity index (χ1v) is 7.62. The number of amides is 1. The second kappa shape index (κ2) is 8.62. The van der Waals surface area contributed by atoms with Crippen LogP contribution < -0.4 is 20.3 Å². The Balaban J connectivity index is 1.84. The lowest BCUT2D eigenvalue weighted by Gasteiger charge is -2.12. The van der Waals surface area contributed by atoms with Crippen LogP contribution in [0.3, 0.4) is 0 Å². The number of hydrogen-bond donors (Lipinski definition) is 1. The third-order valence-corrected chi connectivity index (χ3v) is 3.36. The molecule has 8 nitrogen and oxygen atoms in total. The largest absolute Gasteiger partial charge is 0.493 e. The van der Waals surface area contributed by atoms with Crippen LogP contribution in [0.1, 0.15) is 17.3 Å². The molecule has 0 aliphatic heterocycles. The third-order valence-electron chi connectivity index (χ3n) is 3.36. The van der Waals surface area contributed by atoms with Gasteiger partial charge in [0.2, 0.25) is 0 Å². The Labute approximate surface area is 144 Å². The molecule has 0 fully saturated rings. The van der Waals surface area contributed by atoms with Gasteiger partial charge in [0.15, 0.2) is 23.9 Å². The molecule has 0 saturated carbocycles. The summed E-state index contributed by atoms with van der Waals surface area (Å²) >= 11 is 0. The van der Waals surface area contributed by atoms with E-state index < -0.39 is 0 Å². The van der Waals surface area contributed by atoms with Crippen molar-refractivity contribution in [1.82, 2.24) is 15.1 Å². The van der Waals surface area contributed by atoms with Crippen LogP contribution in [0.25, 0.3) is 0 Å². The highest BCUT2D eigenvalue weighted by Gasteiger charge is 2.10. The lowest BCUT2D eigenvalue weighted by Crippen LogP contribution is -2.34. The summed E-state index contributed by atoms with van der Waals surface area (Å²) in [7, 11) is 1.46. The van der Waals surface area contributed by atoms with Crippen molar-refractivity contribution in [2.75, 3.05) is 20.3 Å². The van der Waals surface area contributed by atoms with Crippen LogP contribution in [-0.2, 0) is 11.3 Å². The van der Waals surface area contributed by atoms with E-state index in [-0.39, 0.29) is 36.9 Å². The standard InChI is InChI=1S/C17H19N3O5/c1-12(21)13-5-6-14(15(10-13)24-2)25-11-16(22)18-8-9-20-17(23)4-3-7-19-20/h3-7,10H,8-9,11H2,1-2H3,(H,18,22). The van der Waals surface area contributed by atoms with E-state index in [9.17, 15) is 14.4 Å². The van der Waals surface area contributed by atoms with Crippen molar-refractivity contribution in [3.05, 3.63) is 52.4 Å². The van der Waals surface area contributed by atoms with E-state index >= 15 is 0 Å². The number of carbonyl (C=O) groups is 2. The normalized spacial score (nSPS) is 10.2. The quantitative estimate of drug-likeness (QED) is 0.705. The number of benzene rings is 1. The van der Waals surface area contributed by atoms with Gasteiger partial charge in [0.1, 0.15) is 0 Å². The monoisotopic (exact) mass is 345 g/mol. The number of methoxy groups -OCH3 is 1. The van der Waals surface area contributed by atoms with Crippen molar-refractivity contribution in [2.45, 2.75) is 13.5 Å². The fraction of sp³-hybridized carbons (Fsp3) is 0.294. The van der Waals surface area contributed by atoms with Gasteiger partial charge < -0.3 is 14.8 Å². The van der Waals surface area contributed by atoms with E-state index in [1.54, 1.807) is 24.3 Å². The number of nitrogens with one attached hydrogen (secondary N) is 1. The molecule has 25 heavy (non-hydrogen) atoms. The lowest BCUT2D eigenvalue weighted by atomic mass is 10.1. The van der Waals surface area contributed by atoms with Crippen LogP contribution in [0.5, 0.6) is 11.5 Å². The van der Waals surface area contributed by atoms with Crippen LogP contribution in [0.4, 0.5) is 0 Å². The van der Waals surface area contributed by atoms with Gasteiger partial charge in [0.05, 0.1) is 13.7 Å². The van der Waals surface area contributed by atoms with Crippen molar-refractivity contribution in [2.24, 2.45) is 0 Å². The molecule has 1 aromatic heterocycles. The Kier molecular flexibility index (Phi) is 6.27. The number of aromatic nitrogens is 2. The molecule has 1 aromatic carbocycles. The van der Waals surface area contributed by atoms with E-state index in [1.807, 2.05) is 0 Å². The molecule has 2 aromatic rings. The van der Waals surface area contributed by atoms with Gasteiger partial charge in [-0.3, -0.25) is 14.4 Å². The highest BCUT2D eigenvalue weighted by atomic mass is 16.5. The van der Waals surface area contributed by atoms with Gasteiger partial charge in [0, 0.05) is 24.4 Å². The SMILES string of the molecule is COc1cc(C(C)=O)ccc1OCC(=O)NCCn1ncccc1=O. The zero-order chi connectivity index (χ0) is 18.2. The molecule has 1 N–H and O–H groups in total. The van der Waals surface area contributed by atoms with Crippen molar-refractivity contribution >= 4 is 11.7 Å². The Morgan fingerprint density at radius 1 is 1.24 bits per heavy atom. The molecule has 0 aliphatic rings. The number of rotatable bonds is 8.